The summed E-state index contributed by atoms with van der Waals surface area (Å²) in [5.41, 5.74) is 0.987. The van der Waals surface area contributed by atoms with Crippen molar-refractivity contribution in [1.29, 1.82) is 0 Å². The fourth-order valence-electron chi connectivity index (χ4n) is 2.08. The van der Waals surface area contributed by atoms with E-state index in [2.05, 4.69) is 4.90 Å². The number of carbonyl (C=O) groups excluding carboxylic acids is 1. The van der Waals surface area contributed by atoms with Gasteiger partial charge in [-0.25, -0.2) is 4.79 Å². The Hall–Kier alpha value is -1.13. The topological polar surface area (TPSA) is 32.8 Å². The molecule has 0 spiro atoms. The maximum Gasteiger partial charge on any atom is 0.409 e. The van der Waals surface area contributed by atoms with Gasteiger partial charge in [-0.15, -0.1) is 0 Å². The van der Waals surface area contributed by atoms with Crippen LogP contribution in [0.5, 0.6) is 0 Å². The first-order valence-corrected chi connectivity index (χ1v) is 6.98. The first-order valence-electron chi connectivity index (χ1n) is 6.23. The summed E-state index contributed by atoms with van der Waals surface area (Å²) >= 11 is 12.0. The van der Waals surface area contributed by atoms with Gasteiger partial charge >= 0.3 is 6.09 Å². The molecule has 6 heteroatoms. The molecule has 0 bridgehead atoms. The zero-order valence-corrected chi connectivity index (χ0v) is 12.2. The van der Waals surface area contributed by atoms with Gasteiger partial charge in [-0.3, -0.25) is 0 Å². The Morgan fingerprint density at radius 1 is 1.16 bits per heavy atom. The lowest BCUT2D eigenvalue weighted by atomic mass is 10.2. The molecule has 0 aromatic heterocycles. The number of hydrogen-bond donors (Lipinski definition) is 0. The van der Waals surface area contributed by atoms with Gasteiger partial charge in [0.05, 0.1) is 6.61 Å². The van der Waals surface area contributed by atoms with Crippen molar-refractivity contribution >= 4 is 35.0 Å². The second-order valence-corrected chi connectivity index (χ2v) is 5.17. The second kappa shape index (κ2) is 6.35. The Morgan fingerprint density at radius 2 is 1.74 bits per heavy atom. The minimum absolute atomic E-state index is 0.244. The van der Waals surface area contributed by atoms with Crippen molar-refractivity contribution in [3.63, 3.8) is 0 Å². The highest BCUT2D eigenvalue weighted by atomic mass is 35.5. The highest BCUT2D eigenvalue weighted by Gasteiger charge is 2.22. The summed E-state index contributed by atoms with van der Waals surface area (Å²) in [6.45, 7) is 4.99. The van der Waals surface area contributed by atoms with E-state index in [9.17, 15) is 4.79 Å². The Kier molecular flexibility index (Phi) is 4.77. The summed E-state index contributed by atoms with van der Waals surface area (Å²) in [4.78, 5) is 15.5. The van der Waals surface area contributed by atoms with E-state index in [4.69, 9.17) is 27.9 Å². The molecule has 0 aliphatic carbocycles. The Labute approximate surface area is 122 Å². The molecule has 2 rings (SSSR count). The summed E-state index contributed by atoms with van der Waals surface area (Å²) < 4.78 is 4.99. The third kappa shape index (κ3) is 3.67. The quantitative estimate of drug-likeness (QED) is 0.840. The molecule has 104 valence electrons. The number of hydrogen-bond acceptors (Lipinski definition) is 3. The lowest BCUT2D eigenvalue weighted by Gasteiger charge is -2.35. The number of anilines is 1. The number of nitrogens with zero attached hydrogens (tertiary/aromatic N) is 2. The SMILES string of the molecule is CCOC(=O)N1CCN(c2cc(Cl)cc(Cl)c2)CC1. The predicted molar refractivity (Wildman–Crippen MR) is 77.3 cm³/mol. The normalized spacial score (nSPS) is 15.5. The Bertz CT molecular complexity index is 440. The molecule has 0 N–H and O–H groups in total. The van der Waals surface area contributed by atoms with Gasteiger partial charge in [0.2, 0.25) is 0 Å². The van der Waals surface area contributed by atoms with Crippen molar-refractivity contribution < 1.29 is 9.53 Å². The van der Waals surface area contributed by atoms with E-state index >= 15 is 0 Å². The molecule has 1 fully saturated rings. The molecule has 0 unspecified atom stereocenters. The van der Waals surface area contributed by atoms with Crippen LogP contribution in [-0.4, -0.2) is 43.8 Å². The smallest absolute Gasteiger partial charge is 0.409 e. The lowest BCUT2D eigenvalue weighted by molar-refractivity contribution is 0.105. The van der Waals surface area contributed by atoms with Crippen LogP contribution < -0.4 is 4.90 Å². The zero-order chi connectivity index (χ0) is 13.8. The molecular weight excluding hydrogens is 287 g/mol. The Morgan fingerprint density at radius 3 is 2.26 bits per heavy atom. The average Bonchev–Trinajstić information content (AvgIpc) is 2.38. The molecule has 1 amide bonds. The van der Waals surface area contributed by atoms with E-state index in [0.29, 0.717) is 29.7 Å². The summed E-state index contributed by atoms with van der Waals surface area (Å²) in [6.07, 6.45) is -0.244. The molecule has 1 aromatic carbocycles. The monoisotopic (exact) mass is 302 g/mol. The molecule has 1 aliphatic heterocycles. The lowest BCUT2D eigenvalue weighted by Crippen LogP contribution is -2.49. The number of halogens is 2. The van der Waals surface area contributed by atoms with Crippen molar-refractivity contribution in [1.82, 2.24) is 4.90 Å². The van der Waals surface area contributed by atoms with Gasteiger partial charge in [0.15, 0.2) is 0 Å². The summed E-state index contributed by atoms with van der Waals surface area (Å²) in [7, 11) is 0. The van der Waals surface area contributed by atoms with Crippen LogP contribution in [0.1, 0.15) is 6.92 Å². The second-order valence-electron chi connectivity index (χ2n) is 4.30. The van der Waals surface area contributed by atoms with Gasteiger partial charge in [0.25, 0.3) is 0 Å². The minimum Gasteiger partial charge on any atom is -0.450 e. The maximum atomic E-state index is 11.6. The van der Waals surface area contributed by atoms with Gasteiger partial charge in [-0.1, -0.05) is 23.2 Å². The molecule has 0 atom stereocenters. The number of rotatable bonds is 2. The van der Waals surface area contributed by atoms with Crippen molar-refractivity contribution in [2.75, 3.05) is 37.7 Å². The molecule has 4 nitrogen and oxygen atoms in total. The van der Waals surface area contributed by atoms with E-state index in [1.165, 1.54) is 0 Å². The van der Waals surface area contributed by atoms with E-state index in [1.54, 1.807) is 11.0 Å². The van der Waals surface area contributed by atoms with Crippen LogP contribution in [0.2, 0.25) is 10.0 Å². The number of amides is 1. The largest absolute Gasteiger partial charge is 0.450 e. The van der Waals surface area contributed by atoms with Crippen molar-refractivity contribution in [3.8, 4) is 0 Å². The summed E-state index contributed by atoms with van der Waals surface area (Å²) in [6, 6.07) is 5.47. The van der Waals surface area contributed by atoms with Crippen molar-refractivity contribution in [2.24, 2.45) is 0 Å². The molecule has 1 heterocycles. The molecule has 0 saturated carbocycles. The third-order valence-electron chi connectivity index (χ3n) is 3.02. The van der Waals surface area contributed by atoms with Gasteiger partial charge in [-0.2, -0.15) is 0 Å². The fraction of sp³-hybridized carbons (Fsp3) is 0.462. The first kappa shape index (κ1) is 14.3. The van der Waals surface area contributed by atoms with E-state index in [-0.39, 0.29) is 6.09 Å². The Balaban J connectivity index is 1.97. The standard InChI is InChI=1S/C13H16Cl2N2O2/c1-2-19-13(18)17-5-3-16(4-6-17)12-8-10(14)7-11(15)9-12/h7-9H,2-6H2,1H3. The van der Waals surface area contributed by atoms with Gasteiger partial charge in [0, 0.05) is 41.9 Å². The molecule has 0 radical (unpaired) electrons. The van der Waals surface area contributed by atoms with Crippen LogP contribution in [-0.2, 0) is 4.74 Å². The first-order chi connectivity index (χ1) is 9.10. The predicted octanol–water partition coefficient (Wildman–Crippen LogP) is 3.27. The molecule has 1 aliphatic rings. The third-order valence-corrected chi connectivity index (χ3v) is 3.45. The average molecular weight is 303 g/mol. The summed E-state index contributed by atoms with van der Waals surface area (Å²) in [5, 5.41) is 1.24. The molecular formula is C13H16Cl2N2O2. The van der Waals surface area contributed by atoms with Gasteiger partial charge < -0.3 is 14.5 Å². The molecule has 19 heavy (non-hydrogen) atoms. The number of piperazine rings is 1. The number of carbonyl (C=O) groups is 1. The van der Waals surface area contributed by atoms with Gasteiger partial charge in [0.1, 0.15) is 0 Å². The highest BCUT2D eigenvalue weighted by molar-refractivity contribution is 6.35. The number of benzene rings is 1. The highest BCUT2D eigenvalue weighted by Crippen LogP contribution is 2.26. The van der Waals surface area contributed by atoms with Crippen molar-refractivity contribution in [2.45, 2.75) is 6.92 Å². The van der Waals surface area contributed by atoms with Crippen LogP contribution in [0.15, 0.2) is 18.2 Å². The molecule has 1 aromatic rings. The van der Waals surface area contributed by atoms with Crippen LogP contribution in [0.25, 0.3) is 0 Å². The van der Waals surface area contributed by atoms with Crippen LogP contribution >= 0.6 is 23.2 Å². The van der Waals surface area contributed by atoms with Crippen LogP contribution in [0.4, 0.5) is 10.5 Å². The van der Waals surface area contributed by atoms with Crippen LogP contribution in [0.3, 0.4) is 0 Å². The van der Waals surface area contributed by atoms with E-state index in [1.807, 2.05) is 19.1 Å². The number of ether oxygens (including phenoxy) is 1. The van der Waals surface area contributed by atoms with Crippen LogP contribution in [0, 0.1) is 0 Å². The van der Waals surface area contributed by atoms with Gasteiger partial charge in [-0.05, 0) is 25.1 Å². The summed E-state index contributed by atoms with van der Waals surface area (Å²) in [5.74, 6) is 0. The van der Waals surface area contributed by atoms with E-state index < -0.39 is 0 Å². The van der Waals surface area contributed by atoms with E-state index in [0.717, 1.165) is 18.8 Å². The minimum atomic E-state index is -0.244. The molecule has 1 saturated heterocycles. The fourth-order valence-corrected chi connectivity index (χ4v) is 2.60. The zero-order valence-electron chi connectivity index (χ0n) is 10.7. The maximum absolute atomic E-state index is 11.6. The van der Waals surface area contributed by atoms with Crippen molar-refractivity contribution in [3.05, 3.63) is 28.2 Å².